The number of benzene rings is 1. The molecule has 1 unspecified atom stereocenters. The minimum absolute atomic E-state index is 0.322. The number of rotatable bonds is 4. The molecule has 0 spiro atoms. The molecule has 8 heteroatoms. The Bertz CT molecular complexity index is 869. The third-order valence-electron chi connectivity index (χ3n) is 4.67. The van der Waals surface area contributed by atoms with Gasteiger partial charge in [-0.25, -0.2) is 0 Å². The summed E-state index contributed by atoms with van der Waals surface area (Å²) in [4.78, 5) is 30.9. The van der Waals surface area contributed by atoms with Gasteiger partial charge >= 0.3 is 6.18 Å². The van der Waals surface area contributed by atoms with Gasteiger partial charge in [-0.3, -0.25) is 14.6 Å². The number of nitrogens with zero attached hydrogens (tertiary/aromatic N) is 2. The topological polar surface area (TPSA) is 62.3 Å². The van der Waals surface area contributed by atoms with Gasteiger partial charge in [-0.2, -0.15) is 13.2 Å². The average molecular weight is 391 g/mol. The lowest BCUT2D eigenvalue weighted by Gasteiger charge is -2.25. The van der Waals surface area contributed by atoms with Crippen molar-refractivity contribution in [2.75, 3.05) is 13.1 Å². The second kappa shape index (κ2) is 8.00. The van der Waals surface area contributed by atoms with Gasteiger partial charge in [-0.05, 0) is 31.9 Å². The molecule has 0 aliphatic carbocycles. The van der Waals surface area contributed by atoms with Gasteiger partial charge in [0.05, 0.1) is 17.0 Å². The summed E-state index contributed by atoms with van der Waals surface area (Å²) in [5.41, 5.74) is 2.48. The van der Waals surface area contributed by atoms with Gasteiger partial charge in [-0.15, -0.1) is 0 Å². The lowest BCUT2D eigenvalue weighted by Crippen LogP contribution is -2.48. The standard InChI is InChI=1S/C20H20F3N3O2/c1-13-15(9-10-16(25-13)14-6-3-2-4-7-14)19(28)26-11-5-8-17(26)18(27)24-12-20(21,22)23/h2-4,6-7,9-10,17H,5,8,11-12H2,1H3,(H,24,27). The fraction of sp³-hybridized carbons (Fsp3) is 0.350. The van der Waals surface area contributed by atoms with Crippen molar-refractivity contribution < 1.29 is 22.8 Å². The number of hydrogen-bond donors (Lipinski definition) is 1. The number of amides is 2. The number of nitrogens with one attached hydrogen (secondary N) is 1. The first kappa shape index (κ1) is 19.9. The van der Waals surface area contributed by atoms with Crippen LogP contribution >= 0.6 is 0 Å². The van der Waals surface area contributed by atoms with Crippen molar-refractivity contribution in [3.8, 4) is 11.3 Å². The van der Waals surface area contributed by atoms with E-state index in [1.165, 1.54) is 4.90 Å². The van der Waals surface area contributed by atoms with Crippen molar-refractivity contribution in [3.05, 3.63) is 53.7 Å². The Morgan fingerprint density at radius 2 is 1.89 bits per heavy atom. The Kier molecular flexibility index (Phi) is 5.67. The first-order chi connectivity index (χ1) is 13.3. The van der Waals surface area contributed by atoms with Crippen LogP contribution in [0.25, 0.3) is 11.3 Å². The van der Waals surface area contributed by atoms with Gasteiger partial charge in [0.1, 0.15) is 12.6 Å². The van der Waals surface area contributed by atoms with Gasteiger partial charge in [0.2, 0.25) is 5.91 Å². The van der Waals surface area contributed by atoms with E-state index in [4.69, 9.17) is 0 Å². The first-order valence-electron chi connectivity index (χ1n) is 8.95. The Balaban J connectivity index is 1.76. The summed E-state index contributed by atoms with van der Waals surface area (Å²) in [6.45, 7) is 0.619. The molecule has 3 rings (SSSR count). The monoisotopic (exact) mass is 391 g/mol. The average Bonchev–Trinajstić information content (AvgIpc) is 3.15. The number of hydrogen-bond acceptors (Lipinski definition) is 3. The molecule has 2 aromatic rings. The summed E-state index contributed by atoms with van der Waals surface area (Å²) < 4.78 is 37.1. The van der Waals surface area contributed by atoms with E-state index in [0.29, 0.717) is 30.6 Å². The summed E-state index contributed by atoms with van der Waals surface area (Å²) in [5.74, 6) is -1.18. The molecule has 2 heterocycles. The van der Waals surface area contributed by atoms with Crippen LogP contribution in [0.3, 0.4) is 0 Å². The van der Waals surface area contributed by atoms with Crippen molar-refractivity contribution in [2.45, 2.75) is 32.0 Å². The Morgan fingerprint density at radius 3 is 2.54 bits per heavy atom. The van der Waals surface area contributed by atoms with E-state index in [2.05, 4.69) is 4.98 Å². The van der Waals surface area contributed by atoms with E-state index in [1.54, 1.807) is 19.1 Å². The van der Waals surface area contributed by atoms with Gasteiger partial charge in [-0.1, -0.05) is 30.3 Å². The highest BCUT2D eigenvalue weighted by molar-refractivity contribution is 5.99. The van der Waals surface area contributed by atoms with E-state index >= 15 is 0 Å². The number of aryl methyl sites for hydroxylation is 1. The quantitative estimate of drug-likeness (QED) is 0.870. The maximum absolute atomic E-state index is 12.9. The summed E-state index contributed by atoms with van der Waals surface area (Å²) in [6, 6.07) is 12.0. The van der Waals surface area contributed by atoms with Crippen LogP contribution in [0.1, 0.15) is 28.9 Å². The first-order valence-corrected chi connectivity index (χ1v) is 8.95. The Morgan fingerprint density at radius 1 is 1.18 bits per heavy atom. The fourth-order valence-corrected chi connectivity index (χ4v) is 3.30. The second-order valence-corrected chi connectivity index (χ2v) is 6.69. The zero-order valence-corrected chi connectivity index (χ0v) is 15.3. The smallest absolute Gasteiger partial charge is 0.345 e. The van der Waals surface area contributed by atoms with Crippen LogP contribution in [-0.4, -0.2) is 47.0 Å². The Labute approximate surface area is 160 Å². The summed E-state index contributed by atoms with van der Waals surface area (Å²) in [7, 11) is 0. The number of carbonyl (C=O) groups is 2. The SMILES string of the molecule is Cc1nc(-c2ccccc2)ccc1C(=O)N1CCCC1C(=O)NCC(F)(F)F. The van der Waals surface area contributed by atoms with Crippen molar-refractivity contribution in [1.29, 1.82) is 0 Å². The molecule has 1 aliphatic heterocycles. The van der Waals surface area contributed by atoms with Crippen molar-refractivity contribution in [1.82, 2.24) is 15.2 Å². The lowest BCUT2D eigenvalue weighted by molar-refractivity contribution is -0.140. The molecule has 1 N–H and O–H groups in total. The highest BCUT2D eigenvalue weighted by atomic mass is 19.4. The van der Waals surface area contributed by atoms with Crippen LogP contribution in [0.2, 0.25) is 0 Å². The zero-order valence-electron chi connectivity index (χ0n) is 15.3. The molecule has 2 amide bonds. The Hall–Kier alpha value is -2.90. The number of alkyl halides is 3. The third kappa shape index (κ3) is 4.49. The van der Waals surface area contributed by atoms with Gasteiger partial charge < -0.3 is 10.2 Å². The van der Waals surface area contributed by atoms with Gasteiger partial charge in [0, 0.05) is 12.1 Å². The van der Waals surface area contributed by atoms with Crippen LogP contribution in [0.5, 0.6) is 0 Å². The van der Waals surface area contributed by atoms with Crippen molar-refractivity contribution >= 4 is 11.8 Å². The number of likely N-dealkylation sites (tertiary alicyclic amines) is 1. The third-order valence-corrected chi connectivity index (χ3v) is 4.67. The summed E-state index contributed by atoms with van der Waals surface area (Å²) in [6.07, 6.45) is -3.59. The van der Waals surface area contributed by atoms with Crippen LogP contribution in [0, 0.1) is 6.92 Å². The molecule has 1 atom stereocenters. The zero-order chi connectivity index (χ0) is 20.3. The summed E-state index contributed by atoms with van der Waals surface area (Å²) >= 11 is 0. The van der Waals surface area contributed by atoms with Crippen molar-refractivity contribution in [2.24, 2.45) is 0 Å². The van der Waals surface area contributed by atoms with E-state index in [0.717, 1.165) is 11.3 Å². The van der Waals surface area contributed by atoms with Crippen LogP contribution in [0.4, 0.5) is 13.2 Å². The largest absolute Gasteiger partial charge is 0.405 e. The predicted molar refractivity (Wildman–Crippen MR) is 97.5 cm³/mol. The molecule has 0 radical (unpaired) electrons. The molecular weight excluding hydrogens is 371 g/mol. The number of pyridine rings is 1. The molecule has 0 saturated carbocycles. The lowest BCUT2D eigenvalue weighted by atomic mass is 10.1. The predicted octanol–water partition coefficient (Wildman–Crippen LogP) is 3.34. The van der Waals surface area contributed by atoms with Crippen LogP contribution in [0.15, 0.2) is 42.5 Å². The highest BCUT2D eigenvalue weighted by Gasteiger charge is 2.37. The molecule has 1 aromatic carbocycles. The number of carbonyl (C=O) groups excluding carboxylic acids is 2. The second-order valence-electron chi connectivity index (χ2n) is 6.69. The van der Waals surface area contributed by atoms with Gasteiger partial charge in [0.15, 0.2) is 0 Å². The van der Waals surface area contributed by atoms with Crippen molar-refractivity contribution in [3.63, 3.8) is 0 Å². The molecule has 5 nitrogen and oxygen atoms in total. The highest BCUT2D eigenvalue weighted by Crippen LogP contribution is 2.24. The van der Waals surface area contributed by atoms with E-state index in [1.807, 2.05) is 35.6 Å². The molecular formula is C20H20F3N3O2. The number of aromatic nitrogens is 1. The molecule has 28 heavy (non-hydrogen) atoms. The minimum Gasteiger partial charge on any atom is -0.345 e. The van der Waals surface area contributed by atoms with E-state index in [9.17, 15) is 22.8 Å². The van der Waals surface area contributed by atoms with E-state index in [-0.39, 0.29) is 0 Å². The molecule has 1 aromatic heterocycles. The molecule has 1 fully saturated rings. The van der Waals surface area contributed by atoms with Crippen LogP contribution in [-0.2, 0) is 4.79 Å². The van der Waals surface area contributed by atoms with E-state index < -0.39 is 30.6 Å². The maximum Gasteiger partial charge on any atom is 0.405 e. The minimum atomic E-state index is -4.49. The van der Waals surface area contributed by atoms with Gasteiger partial charge in [0.25, 0.3) is 5.91 Å². The molecule has 1 aliphatic rings. The van der Waals surface area contributed by atoms with Crippen LogP contribution < -0.4 is 5.32 Å². The molecule has 148 valence electrons. The maximum atomic E-state index is 12.9. The number of halogens is 3. The fourth-order valence-electron chi connectivity index (χ4n) is 3.30. The molecule has 0 bridgehead atoms. The summed E-state index contributed by atoms with van der Waals surface area (Å²) in [5, 5.41) is 1.87. The normalized spacial score (nSPS) is 16.9. The molecule has 1 saturated heterocycles.